The van der Waals surface area contributed by atoms with E-state index in [2.05, 4.69) is 434 Å². The molecule has 12 nitrogen and oxygen atoms in total. The second kappa shape index (κ2) is 58.6. The van der Waals surface area contributed by atoms with Crippen molar-refractivity contribution in [3.05, 3.63) is 526 Å². The molecule has 0 bridgehead atoms. The van der Waals surface area contributed by atoms with Crippen molar-refractivity contribution in [2.75, 3.05) is 72.5 Å². The number of aliphatic hydroxyl groups excluding tert-OH is 4. The molecule has 0 spiro atoms. The fourth-order valence-corrected chi connectivity index (χ4v) is 18.5. The second-order valence-electron chi connectivity index (χ2n) is 38.1. The Labute approximate surface area is 879 Å². The summed E-state index contributed by atoms with van der Waals surface area (Å²) in [6.45, 7) is 21.5. The van der Waals surface area contributed by atoms with Crippen molar-refractivity contribution < 1.29 is 39.4 Å². The molecule has 16 aromatic rings. The summed E-state index contributed by atoms with van der Waals surface area (Å²) in [6, 6.07) is 140. The maximum absolute atomic E-state index is 9.30. The molecule has 148 heavy (non-hydrogen) atoms. The number of ether oxygens (including phenoxy) is 4. The SMILES string of the molecule is C=Cc1ccc(COCCCc2ccc(N(c3ccc(CCCOCc4ccc(C=C)cc4)cc3)c3ccc(CCc4ccc(N(c5ccc(CCCOCc6ccc(C=C)cc6)cc5)c5ccc(CCCOCc6ccc(C=C)cc6)cc5)cc4)cc3)cc2)cc1.OCCCc1ccc(N(c2ccc(CCCO)cc2)c2ccc(CCc3ccc(N(c4ccc(CCCO)cc4)c4ccc(CCCO)cc4)cc3)cc2)cc1. The van der Waals surface area contributed by atoms with Gasteiger partial charge in [0.15, 0.2) is 0 Å². The second-order valence-corrected chi connectivity index (χ2v) is 38.1. The minimum absolute atomic E-state index is 0.193. The first-order valence-electron chi connectivity index (χ1n) is 52.8. The van der Waals surface area contributed by atoms with E-state index >= 15 is 0 Å². The van der Waals surface area contributed by atoms with Crippen molar-refractivity contribution in [1.29, 1.82) is 0 Å². The molecule has 4 N–H and O–H groups in total. The van der Waals surface area contributed by atoms with Crippen LogP contribution in [0.3, 0.4) is 0 Å². The zero-order valence-electron chi connectivity index (χ0n) is 85.9. The summed E-state index contributed by atoms with van der Waals surface area (Å²) in [5.41, 5.74) is 37.6. The van der Waals surface area contributed by atoms with Crippen LogP contribution in [0.25, 0.3) is 24.3 Å². The van der Waals surface area contributed by atoms with Crippen LogP contribution in [0.15, 0.2) is 415 Å². The third-order valence-corrected chi connectivity index (χ3v) is 27.2. The molecule has 0 amide bonds. The minimum atomic E-state index is 0.193. The number of nitrogens with zero attached hydrogens (tertiary/aromatic N) is 4. The Morgan fingerprint density at radius 2 is 0.264 bits per heavy atom. The minimum Gasteiger partial charge on any atom is -0.396 e. The van der Waals surface area contributed by atoms with Crippen molar-refractivity contribution in [2.24, 2.45) is 0 Å². The molecule has 0 saturated carbocycles. The Kier molecular flexibility index (Phi) is 42.6. The highest BCUT2D eigenvalue weighted by Crippen LogP contribution is 2.42. The van der Waals surface area contributed by atoms with Crippen LogP contribution in [0.1, 0.15) is 163 Å². The lowest BCUT2D eigenvalue weighted by Gasteiger charge is -2.26. The molecule has 0 atom stereocenters. The maximum atomic E-state index is 9.30. The number of aryl methyl sites for hydroxylation is 12. The normalized spacial score (nSPS) is 11.1. The van der Waals surface area contributed by atoms with Crippen molar-refractivity contribution >= 4 is 92.6 Å². The van der Waals surface area contributed by atoms with E-state index in [1.54, 1.807) is 0 Å². The largest absolute Gasteiger partial charge is 0.396 e. The van der Waals surface area contributed by atoms with Crippen LogP contribution in [0.5, 0.6) is 0 Å². The van der Waals surface area contributed by atoms with Gasteiger partial charge in [-0.05, 0) is 385 Å². The topological polar surface area (TPSA) is 131 Å². The van der Waals surface area contributed by atoms with Gasteiger partial charge in [0.2, 0.25) is 0 Å². The molecule has 12 heteroatoms. The number of aliphatic hydroxyl groups is 4. The predicted molar refractivity (Wildman–Crippen MR) is 619 cm³/mol. The molecule has 0 aliphatic heterocycles. The number of rotatable bonds is 58. The lowest BCUT2D eigenvalue weighted by atomic mass is 10.0. The van der Waals surface area contributed by atoms with Gasteiger partial charge in [0.05, 0.1) is 26.4 Å². The van der Waals surface area contributed by atoms with Crippen molar-refractivity contribution in [1.82, 2.24) is 0 Å². The van der Waals surface area contributed by atoms with E-state index in [1.165, 1.54) is 89.0 Å². The maximum Gasteiger partial charge on any atom is 0.0716 e. The van der Waals surface area contributed by atoms with E-state index in [0.717, 1.165) is 219 Å². The van der Waals surface area contributed by atoms with Crippen LogP contribution in [0.2, 0.25) is 0 Å². The van der Waals surface area contributed by atoms with Gasteiger partial charge in [-0.1, -0.05) is 293 Å². The molecule has 0 aliphatic rings. The molecule has 756 valence electrons. The van der Waals surface area contributed by atoms with Crippen LogP contribution in [-0.4, -0.2) is 73.3 Å². The van der Waals surface area contributed by atoms with Crippen LogP contribution in [0.4, 0.5) is 68.2 Å². The monoisotopic (exact) mass is 1960 g/mol. The molecule has 0 heterocycles. The van der Waals surface area contributed by atoms with Gasteiger partial charge < -0.3 is 59.0 Å². The third-order valence-electron chi connectivity index (χ3n) is 27.2. The average Bonchev–Trinajstić information content (AvgIpc) is 0.812. The van der Waals surface area contributed by atoms with Crippen molar-refractivity contribution in [3.8, 4) is 0 Å². The summed E-state index contributed by atoms with van der Waals surface area (Å²) in [4.78, 5) is 9.31. The summed E-state index contributed by atoms with van der Waals surface area (Å²) < 4.78 is 24.2. The van der Waals surface area contributed by atoms with E-state index in [9.17, 15) is 20.4 Å². The van der Waals surface area contributed by atoms with Gasteiger partial charge in [0.25, 0.3) is 0 Å². The van der Waals surface area contributed by atoms with Crippen LogP contribution < -0.4 is 19.6 Å². The number of hydrogen-bond donors (Lipinski definition) is 4. The quantitative estimate of drug-likeness (QED) is 0.0271. The molecular weight excluding hydrogens is 1820 g/mol. The summed E-state index contributed by atoms with van der Waals surface area (Å²) in [5.74, 6) is 0. The average molecular weight is 1960 g/mol. The van der Waals surface area contributed by atoms with Gasteiger partial charge in [-0.2, -0.15) is 0 Å². The van der Waals surface area contributed by atoms with Crippen molar-refractivity contribution in [3.63, 3.8) is 0 Å². The van der Waals surface area contributed by atoms with E-state index in [-0.39, 0.29) is 26.4 Å². The highest BCUT2D eigenvalue weighted by molar-refractivity contribution is 5.81. The summed E-state index contributed by atoms with van der Waals surface area (Å²) in [6.07, 6.45) is 25.2. The first kappa shape index (κ1) is 108. The fourth-order valence-electron chi connectivity index (χ4n) is 18.5. The first-order valence-corrected chi connectivity index (χ1v) is 52.8. The highest BCUT2D eigenvalue weighted by Gasteiger charge is 2.21. The number of benzene rings is 16. The van der Waals surface area contributed by atoms with Crippen LogP contribution in [0, 0.1) is 0 Å². The van der Waals surface area contributed by atoms with Crippen molar-refractivity contribution in [2.45, 2.75) is 155 Å². The van der Waals surface area contributed by atoms with Gasteiger partial charge in [-0.15, -0.1) is 0 Å². The molecule has 16 rings (SSSR count). The first-order chi connectivity index (χ1) is 72.9. The lowest BCUT2D eigenvalue weighted by molar-refractivity contribution is 0.118. The zero-order valence-corrected chi connectivity index (χ0v) is 85.9. The smallest absolute Gasteiger partial charge is 0.0716 e. The number of anilines is 12. The van der Waals surface area contributed by atoms with Crippen LogP contribution in [-0.2, 0) is 122 Å². The van der Waals surface area contributed by atoms with Gasteiger partial charge in [-0.3, -0.25) is 0 Å². The Hall–Kier alpha value is -14.6. The van der Waals surface area contributed by atoms with E-state index in [0.29, 0.717) is 52.9 Å². The Morgan fingerprint density at radius 3 is 0.385 bits per heavy atom. The van der Waals surface area contributed by atoms with Crippen LogP contribution >= 0.6 is 0 Å². The third kappa shape index (κ3) is 33.2. The van der Waals surface area contributed by atoms with Gasteiger partial charge >= 0.3 is 0 Å². The Balaban J connectivity index is 0.000000250. The van der Waals surface area contributed by atoms with Gasteiger partial charge in [0, 0.05) is 121 Å². The van der Waals surface area contributed by atoms with Gasteiger partial charge in [-0.25, -0.2) is 0 Å². The predicted octanol–water partition coefficient (Wildman–Crippen LogP) is 31.7. The molecule has 0 saturated heterocycles. The number of hydrogen-bond acceptors (Lipinski definition) is 12. The Morgan fingerprint density at radius 1 is 0.149 bits per heavy atom. The molecule has 0 fully saturated rings. The molecule has 16 aromatic carbocycles. The summed E-state index contributed by atoms with van der Waals surface area (Å²) in [5, 5.41) is 37.2. The molecular formula is C136H144N4O8. The molecule has 0 unspecified atom stereocenters. The summed E-state index contributed by atoms with van der Waals surface area (Å²) in [7, 11) is 0. The molecule has 0 aromatic heterocycles. The fraction of sp³-hybridized carbons (Fsp3) is 0.235. The van der Waals surface area contributed by atoms with E-state index in [4.69, 9.17) is 18.9 Å². The molecule has 0 radical (unpaired) electrons. The lowest BCUT2D eigenvalue weighted by Crippen LogP contribution is -2.10. The van der Waals surface area contributed by atoms with Gasteiger partial charge in [0.1, 0.15) is 0 Å². The summed E-state index contributed by atoms with van der Waals surface area (Å²) >= 11 is 0. The Bertz CT molecular complexity index is 5880. The van der Waals surface area contributed by atoms with E-state index < -0.39 is 0 Å². The zero-order chi connectivity index (χ0) is 102. The standard InChI is InChI=1S/C86H88N2O4.C50H56N2O4/c1-5-67-17-27-77(28-18-67)63-89-59-9-13-71-35-47-81(48-36-71)87(82-49-37-72(38-50-82)14-10-60-90-64-78-29-19-68(6-2)20-30-78)85-55-43-75(44-56-85)25-26-76-45-57-86(58-46-76)88(83-51-39-73(40-52-83)15-11-61-91-65-79-31-21-69(7-3)22-32-79)84-53-41-74(42-54-84)16-12-62-92-66-80-33-23-70(8-4)24-34-80;53-35-1-5-39-11-23-45(24-12-39)51(46-25-13-40(14-26-46)6-2-36-54)49-31-19-43(20-32-49)9-10-44-21-33-50(34-22-44)52(47-27-15-41(16-28-47)7-3-37-55)48-29-17-42(18-30-48)8-4-38-56/h5-8,17-24,27-58H,1-4,9-16,25-26,59-66H2;11-34,53-56H,1-10,35-38H2. The molecule has 0 aliphatic carbocycles. The van der Waals surface area contributed by atoms with E-state index in [1.807, 2.05) is 24.3 Å². The highest BCUT2D eigenvalue weighted by atomic mass is 16.5.